The highest BCUT2D eigenvalue weighted by atomic mass is 32.1. The maximum atomic E-state index is 12.0. The highest BCUT2D eigenvalue weighted by Gasteiger charge is 2.27. The third kappa shape index (κ3) is 1.86. The number of thiocarbonyl (C=S) groups is 1. The first-order valence-electron chi connectivity index (χ1n) is 4.98. The fraction of sp³-hybridized carbons (Fsp3) is 0.273. The summed E-state index contributed by atoms with van der Waals surface area (Å²) in [6.07, 6.45) is 0. The van der Waals surface area contributed by atoms with Crippen molar-refractivity contribution < 1.29 is 4.79 Å². The summed E-state index contributed by atoms with van der Waals surface area (Å²) in [6.45, 7) is 0.915. The molecule has 1 aliphatic heterocycles. The molecule has 0 spiro atoms. The zero-order chi connectivity index (χ0) is 11.7. The predicted octanol–water partition coefficient (Wildman–Crippen LogP) is 1.34. The summed E-state index contributed by atoms with van der Waals surface area (Å²) in [5.74, 6) is 0. The Bertz CT molecular complexity index is 447. The Balaban J connectivity index is 2.41. The van der Waals surface area contributed by atoms with E-state index in [1.807, 2.05) is 24.3 Å². The van der Waals surface area contributed by atoms with E-state index in [0.29, 0.717) is 11.5 Å². The number of nitrogens with two attached hydrogens (primary N) is 1. The molecule has 2 N–H and O–H groups in total. The predicted molar refractivity (Wildman–Crippen MR) is 67.4 cm³/mol. The lowest BCUT2D eigenvalue weighted by atomic mass is 10.1. The number of rotatable bonds is 2. The summed E-state index contributed by atoms with van der Waals surface area (Å²) in [4.78, 5) is 15.5. The molecule has 0 atom stereocenters. The molecule has 1 aliphatic rings. The molecule has 0 aromatic heterocycles. The number of para-hydroxylation sites is 1. The topological polar surface area (TPSA) is 49.6 Å². The van der Waals surface area contributed by atoms with Crippen LogP contribution in [0.3, 0.4) is 0 Å². The quantitative estimate of drug-likeness (QED) is 0.787. The number of fused-ring (bicyclic) bond motifs is 1. The van der Waals surface area contributed by atoms with E-state index in [0.717, 1.165) is 11.3 Å². The number of benzene rings is 1. The van der Waals surface area contributed by atoms with E-state index >= 15 is 0 Å². The molecule has 2 amide bonds. The minimum absolute atomic E-state index is 0.0634. The SMILES string of the molecule is CN1Cc2ccccc2N(CC(N)=S)C1=O. The van der Waals surface area contributed by atoms with Crippen LogP contribution in [0.1, 0.15) is 5.56 Å². The van der Waals surface area contributed by atoms with Gasteiger partial charge in [0.15, 0.2) is 0 Å². The van der Waals surface area contributed by atoms with Gasteiger partial charge in [0.25, 0.3) is 0 Å². The second kappa shape index (κ2) is 4.09. The van der Waals surface area contributed by atoms with Crippen molar-refractivity contribution in [2.45, 2.75) is 6.54 Å². The number of carbonyl (C=O) groups is 1. The number of amides is 2. The molecule has 84 valence electrons. The number of hydrogen-bond donors (Lipinski definition) is 1. The number of hydrogen-bond acceptors (Lipinski definition) is 2. The Labute approximate surface area is 99.6 Å². The van der Waals surface area contributed by atoms with E-state index in [1.54, 1.807) is 16.8 Å². The number of nitrogens with zero attached hydrogens (tertiary/aromatic N) is 2. The fourth-order valence-electron chi connectivity index (χ4n) is 1.85. The van der Waals surface area contributed by atoms with Gasteiger partial charge in [-0.25, -0.2) is 4.79 Å². The van der Waals surface area contributed by atoms with Crippen molar-refractivity contribution in [2.75, 3.05) is 18.5 Å². The van der Waals surface area contributed by atoms with Crippen LogP contribution in [0.25, 0.3) is 0 Å². The molecule has 5 heteroatoms. The summed E-state index contributed by atoms with van der Waals surface area (Å²) < 4.78 is 0. The maximum absolute atomic E-state index is 12.0. The Morgan fingerprint density at radius 3 is 2.88 bits per heavy atom. The molecule has 0 fully saturated rings. The Hall–Kier alpha value is -1.62. The van der Waals surface area contributed by atoms with E-state index in [-0.39, 0.29) is 12.6 Å². The third-order valence-electron chi connectivity index (χ3n) is 2.56. The van der Waals surface area contributed by atoms with Crippen molar-refractivity contribution >= 4 is 28.9 Å². The lowest BCUT2D eigenvalue weighted by molar-refractivity contribution is 0.211. The molecular weight excluding hydrogens is 222 g/mol. The zero-order valence-electron chi connectivity index (χ0n) is 9.01. The summed E-state index contributed by atoms with van der Waals surface area (Å²) in [7, 11) is 1.77. The van der Waals surface area contributed by atoms with Gasteiger partial charge in [0, 0.05) is 13.6 Å². The lowest BCUT2D eigenvalue weighted by Crippen LogP contribution is -2.48. The Morgan fingerprint density at radius 2 is 2.19 bits per heavy atom. The summed E-state index contributed by atoms with van der Waals surface area (Å²) in [6, 6.07) is 7.72. The molecule has 0 bridgehead atoms. The highest BCUT2D eigenvalue weighted by Crippen LogP contribution is 2.27. The number of anilines is 1. The monoisotopic (exact) mass is 235 g/mol. The van der Waals surface area contributed by atoms with Gasteiger partial charge < -0.3 is 10.6 Å². The van der Waals surface area contributed by atoms with Gasteiger partial charge in [-0.3, -0.25) is 4.90 Å². The van der Waals surface area contributed by atoms with Gasteiger partial charge in [-0.05, 0) is 11.6 Å². The molecular formula is C11H13N3OS. The molecule has 2 rings (SSSR count). The summed E-state index contributed by atoms with van der Waals surface area (Å²) in [5, 5.41) is 0. The van der Waals surface area contributed by atoms with Gasteiger partial charge in [0.2, 0.25) is 0 Å². The van der Waals surface area contributed by atoms with Gasteiger partial charge in [0.05, 0.1) is 17.2 Å². The first-order valence-corrected chi connectivity index (χ1v) is 5.39. The molecule has 0 aliphatic carbocycles. The smallest absolute Gasteiger partial charge is 0.324 e. The molecule has 0 saturated heterocycles. The van der Waals surface area contributed by atoms with Crippen LogP contribution in [-0.2, 0) is 6.54 Å². The second-order valence-electron chi connectivity index (χ2n) is 3.82. The third-order valence-corrected chi connectivity index (χ3v) is 2.69. The van der Waals surface area contributed by atoms with E-state index < -0.39 is 0 Å². The van der Waals surface area contributed by atoms with Crippen LogP contribution in [0, 0.1) is 0 Å². The van der Waals surface area contributed by atoms with Crippen LogP contribution in [0.4, 0.5) is 10.5 Å². The van der Waals surface area contributed by atoms with Gasteiger partial charge in [-0.1, -0.05) is 30.4 Å². The number of carbonyl (C=O) groups excluding carboxylic acids is 1. The molecule has 16 heavy (non-hydrogen) atoms. The molecule has 0 saturated carbocycles. The molecule has 1 aromatic rings. The van der Waals surface area contributed by atoms with Crippen LogP contribution < -0.4 is 10.6 Å². The van der Waals surface area contributed by atoms with E-state index in [1.165, 1.54) is 0 Å². The molecule has 1 heterocycles. The van der Waals surface area contributed by atoms with Crippen molar-refractivity contribution in [3.63, 3.8) is 0 Å². The normalized spacial score (nSPS) is 14.9. The first kappa shape index (κ1) is 10.9. The van der Waals surface area contributed by atoms with Gasteiger partial charge in [0.1, 0.15) is 0 Å². The van der Waals surface area contributed by atoms with Crippen LogP contribution in [-0.4, -0.2) is 29.5 Å². The lowest BCUT2D eigenvalue weighted by Gasteiger charge is -2.34. The first-order chi connectivity index (χ1) is 7.59. The largest absolute Gasteiger partial charge is 0.392 e. The van der Waals surface area contributed by atoms with Crippen LogP contribution in [0.15, 0.2) is 24.3 Å². The average Bonchev–Trinajstić information content (AvgIpc) is 2.24. The molecule has 4 nitrogen and oxygen atoms in total. The van der Waals surface area contributed by atoms with Gasteiger partial charge in [-0.2, -0.15) is 0 Å². The van der Waals surface area contributed by atoms with Crippen molar-refractivity contribution in [3.8, 4) is 0 Å². The van der Waals surface area contributed by atoms with Crippen LogP contribution in [0.2, 0.25) is 0 Å². The highest BCUT2D eigenvalue weighted by molar-refractivity contribution is 7.80. The van der Waals surface area contributed by atoms with Crippen molar-refractivity contribution in [3.05, 3.63) is 29.8 Å². The zero-order valence-corrected chi connectivity index (χ0v) is 9.83. The molecule has 0 radical (unpaired) electrons. The van der Waals surface area contributed by atoms with Crippen molar-refractivity contribution in [2.24, 2.45) is 5.73 Å². The Morgan fingerprint density at radius 1 is 1.50 bits per heavy atom. The Kier molecular flexibility index (Phi) is 2.78. The maximum Gasteiger partial charge on any atom is 0.324 e. The molecule has 0 unspecified atom stereocenters. The van der Waals surface area contributed by atoms with E-state index in [4.69, 9.17) is 18.0 Å². The van der Waals surface area contributed by atoms with Crippen LogP contribution in [0.5, 0.6) is 0 Å². The summed E-state index contributed by atoms with van der Waals surface area (Å²) in [5.41, 5.74) is 7.52. The summed E-state index contributed by atoms with van der Waals surface area (Å²) >= 11 is 4.86. The minimum Gasteiger partial charge on any atom is -0.392 e. The second-order valence-corrected chi connectivity index (χ2v) is 4.34. The fourth-order valence-corrected chi connectivity index (χ4v) is 1.98. The minimum atomic E-state index is -0.0634. The van der Waals surface area contributed by atoms with E-state index in [2.05, 4.69) is 0 Å². The number of urea groups is 1. The molecule has 1 aromatic carbocycles. The van der Waals surface area contributed by atoms with Gasteiger partial charge in [-0.15, -0.1) is 0 Å². The van der Waals surface area contributed by atoms with Crippen molar-refractivity contribution in [1.82, 2.24) is 4.90 Å². The van der Waals surface area contributed by atoms with Crippen LogP contribution >= 0.6 is 12.2 Å². The average molecular weight is 235 g/mol. The van der Waals surface area contributed by atoms with Crippen molar-refractivity contribution in [1.29, 1.82) is 0 Å². The van der Waals surface area contributed by atoms with Gasteiger partial charge >= 0.3 is 6.03 Å². The standard InChI is InChI=1S/C11H13N3OS/c1-13-6-8-4-2-3-5-9(8)14(11(13)15)7-10(12)16/h2-5H,6-7H2,1H3,(H2,12,16). The van der Waals surface area contributed by atoms with E-state index in [9.17, 15) is 4.79 Å².